The second-order valence-corrected chi connectivity index (χ2v) is 9.05. The third kappa shape index (κ3) is 3.75. The first-order valence-corrected chi connectivity index (χ1v) is 11.3. The minimum Gasteiger partial charge on any atom is -0.352 e. The number of benzene rings is 1. The Morgan fingerprint density at radius 2 is 1.97 bits per heavy atom. The molecule has 0 bridgehead atoms. The summed E-state index contributed by atoms with van der Waals surface area (Å²) in [5, 5.41) is 8.23. The van der Waals surface area contributed by atoms with Crippen LogP contribution in [-0.2, 0) is 4.79 Å². The van der Waals surface area contributed by atoms with E-state index in [1.807, 2.05) is 47.7 Å². The zero-order valence-corrected chi connectivity index (χ0v) is 17.6. The number of likely N-dealkylation sites (N-methyl/N-ethyl adjacent to an activating group) is 1. The highest BCUT2D eigenvalue weighted by Crippen LogP contribution is 2.39. The molecule has 4 aromatic rings. The summed E-state index contributed by atoms with van der Waals surface area (Å²) in [7, 11) is 1.93. The van der Waals surface area contributed by atoms with Crippen LogP contribution in [0.25, 0.3) is 32.0 Å². The summed E-state index contributed by atoms with van der Waals surface area (Å²) >= 11 is 3.24. The molecule has 3 aromatic heterocycles. The van der Waals surface area contributed by atoms with E-state index in [1.54, 1.807) is 22.7 Å². The molecule has 0 radical (unpaired) electrons. The maximum Gasteiger partial charge on any atom is 0.239 e. The summed E-state index contributed by atoms with van der Waals surface area (Å²) in [4.78, 5) is 26.1. The molecule has 0 saturated heterocycles. The number of aromatic nitrogens is 2. The van der Waals surface area contributed by atoms with Crippen molar-refractivity contribution in [3.8, 4) is 21.8 Å². The van der Waals surface area contributed by atoms with E-state index in [0.29, 0.717) is 11.9 Å². The molecule has 0 aliphatic heterocycles. The van der Waals surface area contributed by atoms with Gasteiger partial charge in [0.05, 0.1) is 16.8 Å². The van der Waals surface area contributed by atoms with Gasteiger partial charge in [0.1, 0.15) is 10.6 Å². The molecule has 146 valence electrons. The van der Waals surface area contributed by atoms with Crippen molar-refractivity contribution >= 4 is 44.6 Å². The minimum absolute atomic E-state index is 0.0379. The molecule has 1 aliphatic rings. The normalized spacial score (nSPS) is 13.6. The number of thiophene rings is 2. The summed E-state index contributed by atoms with van der Waals surface area (Å²) in [6, 6.07) is 14.7. The highest BCUT2D eigenvalue weighted by Gasteiger charge is 2.25. The van der Waals surface area contributed by atoms with Gasteiger partial charge in [0.2, 0.25) is 5.91 Å². The van der Waals surface area contributed by atoms with E-state index in [4.69, 9.17) is 9.97 Å². The first-order valence-electron chi connectivity index (χ1n) is 9.58. The Hall–Kier alpha value is -2.77. The number of hydrogen-bond acceptors (Lipinski definition) is 6. The first-order chi connectivity index (χ1) is 14.2. The van der Waals surface area contributed by atoms with Crippen LogP contribution >= 0.6 is 22.7 Å². The van der Waals surface area contributed by atoms with Gasteiger partial charge >= 0.3 is 0 Å². The number of nitrogens with zero attached hydrogens (tertiary/aromatic N) is 3. The highest BCUT2D eigenvalue weighted by molar-refractivity contribution is 7.17. The molecule has 3 heterocycles. The molecule has 0 unspecified atom stereocenters. The van der Waals surface area contributed by atoms with Crippen LogP contribution in [0.5, 0.6) is 0 Å². The number of carbonyl (C=O) groups is 1. The summed E-state index contributed by atoms with van der Waals surface area (Å²) in [6.45, 7) is 0.274. The minimum atomic E-state index is 0.0379. The van der Waals surface area contributed by atoms with Gasteiger partial charge < -0.3 is 10.2 Å². The number of nitrogens with one attached hydrogen (secondary N) is 1. The lowest BCUT2D eigenvalue weighted by atomic mass is 10.1. The quantitative estimate of drug-likeness (QED) is 0.487. The Balaban J connectivity index is 1.61. The number of rotatable bonds is 6. The van der Waals surface area contributed by atoms with Crippen molar-refractivity contribution in [2.75, 3.05) is 18.5 Å². The lowest BCUT2D eigenvalue weighted by Gasteiger charge is -2.20. The van der Waals surface area contributed by atoms with Crippen molar-refractivity contribution in [1.82, 2.24) is 15.3 Å². The molecule has 5 nitrogen and oxygen atoms in total. The molecule has 1 aromatic carbocycles. The van der Waals surface area contributed by atoms with Crippen molar-refractivity contribution in [2.24, 2.45) is 0 Å². The molecular formula is C22H20N4OS2. The average Bonchev–Trinajstić information content (AvgIpc) is 3.21. The fraction of sp³-hybridized carbons (Fsp3) is 0.227. The van der Waals surface area contributed by atoms with Crippen molar-refractivity contribution < 1.29 is 4.79 Å². The third-order valence-corrected chi connectivity index (χ3v) is 6.66. The molecule has 29 heavy (non-hydrogen) atoms. The molecule has 1 saturated carbocycles. The van der Waals surface area contributed by atoms with Gasteiger partial charge in [-0.3, -0.25) is 4.79 Å². The fourth-order valence-electron chi connectivity index (χ4n) is 3.34. The second kappa shape index (κ2) is 7.57. The van der Waals surface area contributed by atoms with Crippen LogP contribution in [0.2, 0.25) is 0 Å². The van der Waals surface area contributed by atoms with Crippen LogP contribution < -0.4 is 10.2 Å². The van der Waals surface area contributed by atoms with Crippen LogP contribution in [0.15, 0.2) is 53.2 Å². The monoisotopic (exact) mass is 420 g/mol. The predicted molar refractivity (Wildman–Crippen MR) is 121 cm³/mol. The van der Waals surface area contributed by atoms with Gasteiger partial charge in [-0.05, 0) is 29.9 Å². The number of amides is 1. The van der Waals surface area contributed by atoms with Gasteiger partial charge in [0, 0.05) is 24.0 Å². The standard InChI is InChI=1S/C22H20N4OS2/c1-26(12-18(27)23-15-9-10-15)21-19-16(14-6-3-2-4-7-14)13-29-22(19)25-20(24-21)17-8-5-11-28-17/h2-8,11,13,15H,9-10,12H2,1H3,(H,23,27). The Kier molecular flexibility index (Phi) is 4.77. The number of anilines is 1. The molecule has 1 N–H and O–H groups in total. The summed E-state index contributed by atoms with van der Waals surface area (Å²) in [6.07, 6.45) is 2.16. The lowest BCUT2D eigenvalue weighted by Crippen LogP contribution is -2.36. The van der Waals surface area contributed by atoms with Gasteiger partial charge in [-0.25, -0.2) is 9.97 Å². The zero-order valence-electron chi connectivity index (χ0n) is 16.0. The molecule has 1 fully saturated rings. The Labute approximate surface area is 177 Å². The van der Waals surface area contributed by atoms with E-state index >= 15 is 0 Å². The zero-order chi connectivity index (χ0) is 19.8. The maximum absolute atomic E-state index is 12.4. The molecule has 0 atom stereocenters. The smallest absolute Gasteiger partial charge is 0.239 e. The van der Waals surface area contributed by atoms with Gasteiger partial charge in [0.25, 0.3) is 0 Å². The van der Waals surface area contributed by atoms with Crippen LogP contribution in [0.1, 0.15) is 12.8 Å². The predicted octanol–water partition coefficient (Wildman–Crippen LogP) is 4.80. The van der Waals surface area contributed by atoms with Gasteiger partial charge in [0.15, 0.2) is 5.82 Å². The van der Waals surface area contributed by atoms with E-state index in [9.17, 15) is 4.79 Å². The number of carbonyl (C=O) groups excluding carboxylic acids is 1. The summed E-state index contributed by atoms with van der Waals surface area (Å²) < 4.78 is 0. The molecule has 1 amide bonds. The van der Waals surface area contributed by atoms with E-state index in [0.717, 1.165) is 44.9 Å². The fourth-order valence-corrected chi connectivity index (χ4v) is 4.94. The number of fused-ring (bicyclic) bond motifs is 1. The summed E-state index contributed by atoms with van der Waals surface area (Å²) in [5.74, 6) is 1.54. The SMILES string of the molecule is CN(CC(=O)NC1CC1)c1nc(-c2cccs2)nc2scc(-c3ccccc3)c12. The molecule has 7 heteroatoms. The third-order valence-electron chi connectivity index (χ3n) is 4.93. The average molecular weight is 421 g/mol. The lowest BCUT2D eigenvalue weighted by molar-refractivity contribution is -0.119. The first kappa shape index (κ1) is 18.3. The van der Waals surface area contributed by atoms with Crippen molar-refractivity contribution in [1.29, 1.82) is 0 Å². The molecule has 1 aliphatic carbocycles. The van der Waals surface area contributed by atoms with Crippen LogP contribution in [-0.4, -0.2) is 35.5 Å². The Bertz CT molecular complexity index is 1150. The number of hydrogen-bond donors (Lipinski definition) is 1. The van der Waals surface area contributed by atoms with E-state index < -0.39 is 0 Å². The molecule has 0 spiro atoms. The maximum atomic E-state index is 12.4. The van der Waals surface area contributed by atoms with E-state index in [1.165, 1.54) is 0 Å². The van der Waals surface area contributed by atoms with Crippen molar-refractivity contribution in [2.45, 2.75) is 18.9 Å². The van der Waals surface area contributed by atoms with Crippen LogP contribution in [0.3, 0.4) is 0 Å². The largest absolute Gasteiger partial charge is 0.352 e. The van der Waals surface area contributed by atoms with Crippen LogP contribution in [0, 0.1) is 0 Å². The van der Waals surface area contributed by atoms with Gasteiger partial charge in [-0.15, -0.1) is 22.7 Å². The van der Waals surface area contributed by atoms with Crippen molar-refractivity contribution in [3.05, 3.63) is 53.2 Å². The second-order valence-electron chi connectivity index (χ2n) is 7.24. The van der Waals surface area contributed by atoms with E-state index in [-0.39, 0.29) is 12.5 Å². The molecular weight excluding hydrogens is 400 g/mol. The Morgan fingerprint density at radius 1 is 1.14 bits per heavy atom. The van der Waals surface area contributed by atoms with Gasteiger partial charge in [-0.2, -0.15) is 0 Å². The van der Waals surface area contributed by atoms with Gasteiger partial charge in [-0.1, -0.05) is 36.4 Å². The highest BCUT2D eigenvalue weighted by atomic mass is 32.1. The van der Waals surface area contributed by atoms with Crippen LogP contribution in [0.4, 0.5) is 5.82 Å². The Morgan fingerprint density at radius 3 is 2.69 bits per heavy atom. The topological polar surface area (TPSA) is 58.1 Å². The van der Waals surface area contributed by atoms with Crippen molar-refractivity contribution in [3.63, 3.8) is 0 Å². The molecule has 5 rings (SSSR count). The summed E-state index contributed by atoms with van der Waals surface area (Å²) in [5.41, 5.74) is 2.23. The van der Waals surface area contributed by atoms with E-state index in [2.05, 4.69) is 22.8 Å².